The number of hydrogen-bond acceptors (Lipinski definition) is 4. The maximum atomic E-state index is 12.7. The first-order chi connectivity index (χ1) is 13.1. The number of anilines is 1. The molecule has 0 saturated heterocycles. The molecule has 6 nitrogen and oxygen atoms in total. The first-order valence-electron chi connectivity index (χ1n) is 8.56. The number of amides is 1. The summed E-state index contributed by atoms with van der Waals surface area (Å²) < 4.78 is 1.73. The van der Waals surface area contributed by atoms with Crippen molar-refractivity contribution in [3.05, 3.63) is 95.7 Å². The molecule has 0 bridgehead atoms. The van der Waals surface area contributed by atoms with Gasteiger partial charge in [0.05, 0.1) is 11.9 Å². The highest BCUT2D eigenvalue weighted by atomic mass is 16.3. The number of fused-ring (bicyclic) bond motifs is 1. The van der Waals surface area contributed by atoms with Gasteiger partial charge in [-0.3, -0.25) is 14.2 Å². The average Bonchev–Trinajstić information content (AvgIpc) is 3.14. The van der Waals surface area contributed by atoms with Gasteiger partial charge in [0.25, 0.3) is 5.91 Å². The fourth-order valence-corrected chi connectivity index (χ4v) is 2.94. The molecular formula is C21H18N4O2. The maximum Gasteiger partial charge on any atom is 0.274 e. The number of aromatic nitrogens is 3. The van der Waals surface area contributed by atoms with Crippen molar-refractivity contribution in [3.8, 4) is 0 Å². The van der Waals surface area contributed by atoms with E-state index in [-0.39, 0.29) is 5.91 Å². The molecule has 0 aliphatic carbocycles. The number of nitrogens with one attached hydrogen (secondary N) is 1. The highest BCUT2D eigenvalue weighted by Gasteiger charge is 2.16. The fourth-order valence-electron chi connectivity index (χ4n) is 2.94. The van der Waals surface area contributed by atoms with Gasteiger partial charge >= 0.3 is 0 Å². The third kappa shape index (κ3) is 3.30. The van der Waals surface area contributed by atoms with Gasteiger partial charge in [-0.15, -0.1) is 0 Å². The topological polar surface area (TPSA) is 79.5 Å². The molecule has 4 aromatic rings. The number of rotatable bonds is 4. The van der Waals surface area contributed by atoms with E-state index in [1.165, 1.54) is 0 Å². The summed E-state index contributed by atoms with van der Waals surface area (Å²) >= 11 is 0. The Morgan fingerprint density at radius 2 is 1.96 bits per heavy atom. The number of carbonyl (C=O) groups excluding carboxylic acids is 1. The van der Waals surface area contributed by atoms with Crippen molar-refractivity contribution in [1.82, 2.24) is 14.4 Å². The summed E-state index contributed by atoms with van der Waals surface area (Å²) in [6, 6.07) is 16.4. The molecule has 0 spiro atoms. The van der Waals surface area contributed by atoms with Gasteiger partial charge in [0.15, 0.2) is 0 Å². The van der Waals surface area contributed by atoms with Gasteiger partial charge in [0.1, 0.15) is 17.4 Å². The van der Waals surface area contributed by atoms with Crippen LogP contribution in [0.2, 0.25) is 0 Å². The number of carbonyl (C=O) groups is 1. The number of pyridine rings is 2. The normalized spacial score (nSPS) is 12.1. The molecule has 1 atom stereocenters. The van der Waals surface area contributed by atoms with Crippen LogP contribution < -0.4 is 5.32 Å². The highest BCUT2D eigenvalue weighted by Crippen LogP contribution is 2.25. The molecule has 27 heavy (non-hydrogen) atoms. The second-order valence-electron chi connectivity index (χ2n) is 6.26. The predicted octanol–water partition coefficient (Wildman–Crippen LogP) is 3.37. The molecule has 0 saturated carbocycles. The predicted molar refractivity (Wildman–Crippen MR) is 103 cm³/mol. The summed E-state index contributed by atoms with van der Waals surface area (Å²) in [4.78, 5) is 21.2. The standard InChI is InChI=1S/C21H18N4O2/c1-14-8-9-15(20(26)16-6-2-4-10-22-16)12-17(14)24-21(27)18-13-23-19-7-3-5-11-25(18)19/h2-13,20,26H,1H3,(H,24,27). The molecule has 0 aliphatic rings. The van der Waals surface area contributed by atoms with Crippen molar-refractivity contribution in [2.24, 2.45) is 0 Å². The Labute approximate surface area is 156 Å². The van der Waals surface area contributed by atoms with Crippen LogP contribution in [-0.4, -0.2) is 25.4 Å². The minimum absolute atomic E-state index is 0.263. The number of hydrogen-bond donors (Lipinski definition) is 2. The SMILES string of the molecule is Cc1ccc(C(O)c2ccccn2)cc1NC(=O)c1cnc2ccccn12. The van der Waals surface area contributed by atoms with Crippen LogP contribution >= 0.6 is 0 Å². The van der Waals surface area contributed by atoms with Crippen LogP contribution in [0.15, 0.2) is 73.2 Å². The van der Waals surface area contributed by atoms with E-state index in [1.807, 2.05) is 43.3 Å². The lowest BCUT2D eigenvalue weighted by atomic mass is 10.0. The third-order valence-corrected chi connectivity index (χ3v) is 4.44. The molecule has 2 N–H and O–H groups in total. The van der Waals surface area contributed by atoms with Crippen molar-refractivity contribution >= 4 is 17.2 Å². The Bertz CT molecular complexity index is 1110. The summed E-state index contributed by atoms with van der Waals surface area (Å²) in [5, 5.41) is 13.5. The molecule has 0 radical (unpaired) electrons. The van der Waals surface area contributed by atoms with Gasteiger partial charge in [0, 0.05) is 18.1 Å². The third-order valence-electron chi connectivity index (χ3n) is 4.44. The van der Waals surface area contributed by atoms with Crippen LogP contribution in [-0.2, 0) is 0 Å². The number of imidazole rings is 1. The largest absolute Gasteiger partial charge is 0.382 e. The first kappa shape index (κ1) is 16.9. The number of aliphatic hydroxyl groups is 1. The molecule has 1 aromatic carbocycles. The molecule has 3 heterocycles. The Morgan fingerprint density at radius 3 is 2.78 bits per heavy atom. The van der Waals surface area contributed by atoms with E-state index in [0.717, 1.165) is 5.56 Å². The Balaban J connectivity index is 1.63. The monoisotopic (exact) mass is 358 g/mol. The van der Waals surface area contributed by atoms with Crippen molar-refractivity contribution < 1.29 is 9.90 Å². The molecule has 3 aromatic heterocycles. The van der Waals surface area contributed by atoms with Crippen LogP contribution in [0.1, 0.15) is 33.4 Å². The first-order valence-corrected chi connectivity index (χ1v) is 8.56. The lowest BCUT2D eigenvalue weighted by Gasteiger charge is -2.14. The van der Waals surface area contributed by atoms with Crippen LogP contribution in [0.3, 0.4) is 0 Å². The molecule has 134 valence electrons. The van der Waals surface area contributed by atoms with Crippen LogP contribution in [0.4, 0.5) is 5.69 Å². The van der Waals surface area contributed by atoms with E-state index in [2.05, 4.69) is 15.3 Å². The van der Waals surface area contributed by atoms with Gasteiger partial charge in [-0.1, -0.05) is 24.3 Å². The van der Waals surface area contributed by atoms with Gasteiger partial charge < -0.3 is 10.4 Å². The fraction of sp³-hybridized carbons (Fsp3) is 0.0952. The molecule has 0 fully saturated rings. The summed E-state index contributed by atoms with van der Waals surface area (Å²) in [5.41, 5.74) is 3.90. The molecule has 0 aliphatic heterocycles. The Kier molecular flexibility index (Phi) is 4.40. The van der Waals surface area contributed by atoms with Crippen molar-refractivity contribution in [3.63, 3.8) is 0 Å². The summed E-state index contributed by atoms with van der Waals surface area (Å²) in [5.74, 6) is -0.263. The van der Waals surface area contributed by atoms with E-state index in [0.29, 0.717) is 28.3 Å². The number of benzene rings is 1. The molecule has 1 unspecified atom stereocenters. The van der Waals surface area contributed by atoms with E-state index >= 15 is 0 Å². The van der Waals surface area contributed by atoms with E-state index in [9.17, 15) is 9.90 Å². The second kappa shape index (κ2) is 7.01. The Morgan fingerprint density at radius 1 is 1.11 bits per heavy atom. The van der Waals surface area contributed by atoms with E-state index < -0.39 is 6.10 Å². The molecule has 6 heteroatoms. The summed E-state index contributed by atoms with van der Waals surface area (Å²) in [6.45, 7) is 1.90. The van der Waals surface area contributed by atoms with Gasteiger partial charge in [0.2, 0.25) is 0 Å². The summed E-state index contributed by atoms with van der Waals surface area (Å²) in [7, 11) is 0. The van der Waals surface area contributed by atoms with Crippen molar-refractivity contribution in [2.45, 2.75) is 13.0 Å². The molecule has 1 amide bonds. The zero-order valence-corrected chi connectivity index (χ0v) is 14.7. The second-order valence-corrected chi connectivity index (χ2v) is 6.26. The van der Waals surface area contributed by atoms with Crippen LogP contribution in [0.25, 0.3) is 5.65 Å². The van der Waals surface area contributed by atoms with Crippen molar-refractivity contribution in [2.75, 3.05) is 5.32 Å². The van der Waals surface area contributed by atoms with E-state index in [4.69, 9.17) is 0 Å². The van der Waals surface area contributed by atoms with Gasteiger partial charge in [-0.05, 0) is 48.4 Å². The van der Waals surface area contributed by atoms with Gasteiger partial charge in [-0.25, -0.2) is 4.98 Å². The van der Waals surface area contributed by atoms with Crippen LogP contribution in [0.5, 0.6) is 0 Å². The minimum Gasteiger partial charge on any atom is -0.382 e. The highest BCUT2D eigenvalue weighted by molar-refractivity contribution is 6.03. The van der Waals surface area contributed by atoms with Crippen molar-refractivity contribution in [1.29, 1.82) is 0 Å². The number of aryl methyl sites for hydroxylation is 1. The number of nitrogens with zero attached hydrogens (tertiary/aromatic N) is 3. The Hall–Kier alpha value is -3.51. The van der Waals surface area contributed by atoms with Gasteiger partial charge in [-0.2, -0.15) is 0 Å². The summed E-state index contributed by atoms with van der Waals surface area (Å²) in [6.07, 6.45) is 4.12. The molecule has 4 rings (SSSR count). The average molecular weight is 358 g/mol. The number of aliphatic hydroxyl groups excluding tert-OH is 1. The van der Waals surface area contributed by atoms with Crippen LogP contribution in [0, 0.1) is 6.92 Å². The zero-order chi connectivity index (χ0) is 18.8. The lowest BCUT2D eigenvalue weighted by molar-refractivity contribution is 0.102. The quantitative estimate of drug-likeness (QED) is 0.586. The lowest BCUT2D eigenvalue weighted by Crippen LogP contribution is -2.15. The minimum atomic E-state index is -0.863. The van der Waals surface area contributed by atoms with E-state index in [1.54, 1.807) is 41.2 Å². The molecular weight excluding hydrogens is 340 g/mol. The zero-order valence-electron chi connectivity index (χ0n) is 14.7. The maximum absolute atomic E-state index is 12.7. The smallest absolute Gasteiger partial charge is 0.274 e.